The molecule has 6 nitrogen and oxygen atoms in total. The third-order valence-electron chi connectivity index (χ3n) is 2.52. The Kier molecular flexibility index (Phi) is 4.18. The lowest BCUT2D eigenvalue weighted by atomic mass is 10.2. The molecule has 0 aliphatic carbocycles. The number of nitro benzene ring substituents is 1. The van der Waals surface area contributed by atoms with E-state index in [1.54, 1.807) is 0 Å². The molecular formula is C13H7BrFNO5. The Morgan fingerprint density at radius 3 is 2.57 bits per heavy atom. The SMILES string of the molecule is O=C(O)c1ccc(Oc2ccc(F)c(Br)c2)c([N+](=O)[O-])c1. The van der Waals surface area contributed by atoms with Gasteiger partial charge in [0.1, 0.15) is 11.6 Å². The maximum atomic E-state index is 13.1. The second-order valence-electron chi connectivity index (χ2n) is 3.92. The molecule has 0 saturated carbocycles. The van der Waals surface area contributed by atoms with E-state index in [-0.39, 0.29) is 21.5 Å². The summed E-state index contributed by atoms with van der Waals surface area (Å²) in [5, 5.41) is 19.8. The highest BCUT2D eigenvalue weighted by Crippen LogP contribution is 2.33. The first-order chi connectivity index (χ1) is 9.88. The van der Waals surface area contributed by atoms with E-state index >= 15 is 0 Å². The van der Waals surface area contributed by atoms with E-state index in [2.05, 4.69) is 15.9 Å². The Hall–Kier alpha value is -2.48. The molecule has 108 valence electrons. The van der Waals surface area contributed by atoms with Crippen LogP contribution in [0.15, 0.2) is 40.9 Å². The molecule has 0 spiro atoms. The number of carbonyl (C=O) groups is 1. The summed E-state index contributed by atoms with van der Waals surface area (Å²) in [6.45, 7) is 0. The summed E-state index contributed by atoms with van der Waals surface area (Å²) >= 11 is 2.97. The molecule has 0 radical (unpaired) electrons. The molecule has 2 rings (SSSR count). The Balaban J connectivity index is 2.41. The van der Waals surface area contributed by atoms with E-state index < -0.39 is 22.4 Å². The number of carboxylic acids is 1. The van der Waals surface area contributed by atoms with Crippen molar-refractivity contribution in [3.63, 3.8) is 0 Å². The normalized spacial score (nSPS) is 10.2. The van der Waals surface area contributed by atoms with Crippen LogP contribution in [-0.2, 0) is 0 Å². The molecule has 1 N–H and O–H groups in total. The molecule has 0 heterocycles. The highest BCUT2D eigenvalue weighted by molar-refractivity contribution is 9.10. The molecule has 0 unspecified atom stereocenters. The maximum absolute atomic E-state index is 13.1. The predicted octanol–water partition coefficient (Wildman–Crippen LogP) is 3.99. The number of rotatable bonds is 4. The molecule has 0 fully saturated rings. The van der Waals surface area contributed by atoms with Gasteiger partial charge in [0.25, 0.3) is 0 Å². The largest absolute Gasteiger partial charge is 0.478 e. The highest BCUT2D eigenvalue weighted by Gasteiger charge is 2.19. The number of hydrogen-bond donors (Lipinski definition) is 1. The van der Waals surface area contributed by atoms with Gasteiger partial charge in [-0.3, -0.25) is 10.1 Å². The van der Waals surface area contributed by atoms with E-state index in [9.17, 15) is 19.3 Å². The summed E-state index contributed by atoms with van der Waals surface area (Å²) in [6.07, 6.45) is 0. The number of hydrogen-bond acceptors (Lipinski definition) is 4. The van der Waals surface area contributed by atoms with Gasteiger partial charge in [-0.2, -0.15) is 0 Å². The number of benzene rings is 2. The van der Waals surface area contributed by atoms with Crippen LogP contribution in [0.2, 0.25) is 0 Å². The van der Waals surface area contributed by atoms with Crippen LogP contribution in [-0.4, -0.2) is 16.0 Å². The molecule has 2 aromatic rings. The molecule has 0 saturated heterocycles. The molecule has 21 heavy (non-hydrogen) atoms. The second kappa shape index (κ2) is 5.88. The second-order valence-corrected chi connectivity index (χ2v) is 4.78. The Morgan fingerprint density at radius 2 is 2.00 bits per heavy atom. The summed E-state index contributed by atoms with van der Waals surface area (Å²) in [7, 11) is 0. The fourth-order valence-corrected chi connectivity index (χ4v) is 1.90. The number of aromatic carboxylic acids is 1. The van der Waals surface area contributed by atoms with Gasteiger partial charge in [0, 0.05) is 6.07 Å². The predicted molar refractivity (Wildman–Crippen MR) is 74.2 cm³/mol. The average molecular weight is 356 g/mol. The Morgan fingerprint density at radius 1 is 1.29 bits per heavy atom. The van der Waals surface area contributed by atoms with E-state index in [1.165, 1.54) is 24.3 Å². The smallest absolute Gasteiger partial charge is 0.335 e. The van der Waals surface area contributed by atoms with Crippen LogP contribution in [0.1, 0.15) is 10.4 Å². The molecule has 0 aliphatic rings. The molecule has 0 aromatic heterocycles. The fourth-order valence-electron chi connectivity index (χ4n) is 1.55. The van der Waals surface area contributed by atoms with Gasteiger partial charge in [0.2, 0.25) is 5.75 Å². The standard InChI is InChI=1S/C13H7BrFNO5/c14-9-6-8(2-3-10(9)15)21-12-4-1-7(13(17)18)5-11(12)16(19)20/h1-6H,(H,17,18). The zero-order valence-electron chi connectivity index (χ0n) is 10.2. The minimum absolute atomic E-state index is 0.136. The summed E-state index contributed by atoms with van der Waals surface area (Å²) in [4.78, 5) is 21.0. The van der Waals surface area contributed by atoms with E-state index in [0.29, 0.717) is 0 Å². The van der Waals surface area contributed by atoms with E-state index in [1.807, 2.05) is 0 Å². The van der Waals surface area contributed by atoms with Gasteiger partial charge in [0.05, 0.1) is 15.0 Å². The zero-order valence-corrected chi connectivity index (χ0v) is 11.8. The third kappa shape index (κ3) is 3.34. The van der Waals surface area contributed by atoms with Crippen molar-refractivity contribution in [1.82, 2.24) is 0 Å². The van der Waals surface area contributed by atoms with Crippen LogP contribution < -0.4 is 4.74 Å². The van der Waals surface area contributed by atoms with Gasteiger partial charge < -0.3 is 9.84 Å². The first kappa shape index (κ1) is 14.9. The van der Waals surface area contributed by atoms with Crippen molar-refractivity contribution in [2.24, 2.45) is 0 Å². The number of halogens is 2. The number of carboxylic acid groups (broad SMARTS) is 1. The third-order valence-corrected chi connectivity index (χ3v) is 3.13. The van der Waals surface area contributed by atoms with E-state index in [0.717, 1.165) is 12.1 Å². The molecule has 0 amide bonds. The molecular weight excluding hydrogens is 349 g/mol. The molecule has 0 aliphatic heterocycles. The monoisotopic (exact) mass is 355 g/mol. The van der Waals surface area contributed by atoms with Crippen molar-refractivity contribution in [2.45, 2.75) is 0 Å². The van der Waals surface area contributed by atoms with Gasteiger partial charge in [-0.25, -0.2) is 9.18 Å². The van der Waals surface area contributed by atoms with Crippen molar-refractivity contribution >= 4 is 27.6 Å². The molecule has 2 aromatic carbocycles. The summed E-state index contributed by atoms with van der Waals surface area (Å²) < 4.78 is 18.6. The van der Waals surface area contributed by atoms with Gasteiger partial charge in [-0.15, -0.1) is 0 Å². The van der Waals surface area contributed by atoms with Crippen molar-refractivity contribution in [1.29, 1.82) is 0 Å². The highest BCUT2D eigenvalue weighted by atomic mass is 79.9. The lowest BCUT2D eigenvalue weighted by Crippen LogP contribution is -2.00. The van der Waals surface area contributed by atoms with E-state index in [4.69, 9.17) is 9.84 Å². The van der Waals surface area contributed by atoms with Gasteiger partial charge in [0.15, 0.2) is 0 Å². The lowest BCUT2D eigenvalue weighted by molar-refractivity contribution is -0.385. The van der Waals surface area contributed by atoms with Crippen molar-refractivity contribution in [2.75, 3.05) is 0 Å². The topological polar surface area (TPSA) is 89.7 Å². The van der Waals surface area contributed by atoms with Crippen molar-refractivity contribution in [3.8, 4) is 11.5 Å². The molecule has 0 bridgehead atoms. The number of ether oxygens (including phenoxy) is 1. The Bertz CT molecular complexity index is 734. The van der Waals surface area contributed by atoms with Gasteiger partial charge >= 0.3 is 11.7 Å². The average Bonchev–Trinajstić information content (AvgIpc) is 2.43. The minimum atomic E-state index is -1.28. The Labute approximate surface area is 126 Å². The van der Waals surface area contributed by atoms with Crippen LogP contribution in [0, 0.1) is 15.9 Å². The summed E-state index contributed by atoms with van der Waals surface area (Å²) in [5.41, 5.74) is -0.718. The maximum Gasteiger partial charge on any atom is 0.335 e. The first-order valence-corrected chi connectivity index (χ1v) is 6.32. The summed E-state index contributed by atoms with van der Waals surface area (Å²) in [6, 6.07) is 7.01. The first-order valence-electron chi connectivity index (χ1n) is 5.53. The number of nitro groups is 1. The lowest BCUT2D eigenvalue weighted by Gasteiger charge is -2.07. The zero-order chi connectivity index (χ0) is 15.6. The van der Waals surface area contributed by atoms with Crippen LogP contribution in [0.3, 0.4) is 0 Å². The van der Waals surface area contributed by atoms with Crippen LogP contribution in [0.4, 0.5) is 10.1 Å². The molecule has 0 atom stereocenters. The van der Waals surface area contributed by atoms with Crippen molar-refractivity contribution in [3.05, 3.63) is 62.4 Å². The quantitative estimate of drug-likeness (QED) is 0.661. The van der Waals surface area contributed by atoms with Gasteiger partial charge in [-0.05, 0) is 46.3 Å². The minimum Gasteiger partial charge on any atom is -0.478 e. The molecule has 8 heteroatoms. The summed E-state index contributed by atoms with van der Waals surface area (Å²) in [5.74, 6) is -1.75. The fraction of sp³-hybridized carbons (Fsp3) is 0. The number of nitrogens with zero attached hydrogens (tertiary/aromatic N) is 1. The van der Waals surface area contributed by atoms with Crippen LogP contribution in [0.25, 0.3) is 0 Å². The van der Waals surface area contributed by atoms with Crippen LogP contribution >= 0.6 is 15.9 Å². The van der Waals surface area contributed by atoms with Crippen molar-refractivity contribution < 1.29 is 24.0 Å². The van der Waals surface area contributed by atoms with Gasteiger partial charge in [-0.1, -0.05) is 0 Å². The van der Waals surface area contributed by atoms with Crippen LogP contribution in [0.5, 0.6) is 11.5 Å².